The van der Waals surface area contributed by atoms with E-state index in [0.717, 1.165) is 32.1 Å². The molecule has 1 spiro atoms. The number of aliphatic carboxylic acids is 1. The average Bonchev–Trinajstić information content (AvgIpc) is 3.10. The highest BCUT2D eigenvalue weighted by atomic mass is 35.5. The molecule has 2 heterocycles. The molecule has 2 bridgehead atoms. The third-order valence-corrected chi connectivity index (χ3v) is 10.8. The van der Waals surface area contributed by atoms with Crippen LogP contribution in [0.4, 0.5) is 5.69 Å². The molecule has 0 saturated heterocycles. The van der Waals surface area contributed by atoms with Gasteiger partial charge < -0.3 is 29.9 Å². The van der Waals surface area contributed by atoms with Crippen LogP contribution in [0.2, 0.25) is 5.02 Å². The molecule has 43 heavy (non-hydrogen) atoms. The van der Waals surface area contributed by atoms with E-state index in [1.807, 2.05) is 18.2 Å². The fourth-order valence-electron chi connectivity index (χ4n) is 7.83. The van der Waals surface area contributed by atoms with Gasteiger partial charge in [-0.3, -0.25) is 4.79 Å². The van der Waals surface area contributed by atoms with Crippen molar-refractivity contribution in [2.45, 2.75) is 69.0 Å². The van der Waals surface area contributed by atoms with Crippen LogP contribution in [0.15, 0.2) is 48.6 Å². The van der Waals surface area contributed by atoms with Crippen molar-refractivity contribution in [2.24, 2.45) is 11.3 Å². The Morgan fingerprint density at radius 2 is 1.93 bits per heavy atom. The summed E-state index contributed by atoms with van der Waals surface area (Å²) >= 11 is 6.40. The highest BCUT2D eigenvalue weighted by Gasteiger charge is 2.50. The van der Waals surface area contributed by atoms with E-state index >= 15 is 0 Å². The lowest BCUT2D eigenvalue weighted by Crippen LogP contribution is -2.54. The van der Waals surface area contributed by atoms with Crippen molar-refractivity contribution in [3.05, 3.63) is 70.3 Å². The smallest absolute Gasteiger partial charge is 0.340 e. The van der Waals surface area contributed by atoms with Gasteiger partial charge in [0.05, 0.1) is 24.8 Å². The Morgan fingerprint density at radius 3 is 2.67 bits per heavy atom. The van der Waals surface area contributed by atoms with E-state index in [0.29, 0.717) is 42.6 Å². The Labute approximate surface area is 257 Å². The summed E-state index contributed by atoms with van der Waals surface area (Å²) in [7, 11) is 1.58. The zero-order valence-corrected chi connectivity index (χ0v) is 25.6. The Bertz CT molecular complexity index is 1460. The number of rotatable bonds is 1. The van der Waals surface area contributed by atoms with Gasteiger partial charge in [-0.05, 0) is 90.8 Å². The second kappa shape index (κ2) is 11.1. The quantitative estimate of drug-likeness (QED) is 0.404. The second-order valence-corrected chi connectivity index (χ2v) is 13.9. The van der Waals surface area contributed by atoms with Gasteiger partial charge >= 0.3 is 5.97 Å². The van der Waals surface area contributed by atoms with Crippen molar-refractivity contribution in [3.63, 3.8) is 0 Å². The minimum atomic E-state index is -2.41. The summed E-state index contributed by atoms with van der Waals surface area (Å²) < 4.78 is 6.56. The average molecular weight is 609 g/mol. The molecule has 4 aliphatic rings. The number of carbonyl (C=O) groups excluding carboxylic acids is 1. The number of nitrogens with zero attached hydrogens (tertiary/aromatic N) is 2. The van der Waals surface area contributed by atoms with Crippen LogP contribution in [-0.4, -0.2) is 71.5 Å². The highest BCUT2D eigenvalue weighted by molar-refractivity contribution is 6.30. The van der Waals surface area contributed by atoms with E-state index in [2.05, 4.69) is 24.0 Å². The number of amides is 1. The van der Waals surface area contributed by atoms with Gasteiger partial charge in [-0.25, -0.2) is 4.79 Å². The number of ether oxygens (including phenoxy) is 1. The number of hydrogen-bond donors (Lipinski definition) is 3. The van der Waals surface area contributed by atoms with E-state index in [9.17, 15) is 24.9 Å². The summed E-state index contributed by atoms with van der Waals surface area (Å²) in [4.78, 5) is 29.4. The fourth-order valence-corrected chi connectivity index (χ4v) is 8.03. The van der Waals surface area contributed by atoms with Crippen molar-refractivity contribution in [1.29, 1.82) is 0 Å². The monoisotopic (exact) mass is 608 g/mol. The molecular formula is C34H41ClN2O6. The minimum Gasteiger partial charge on any atom is -0.490 e. The fraction of sp³-hybridized carbons (Fsp3) is 0.529. The molecule has 3 N–H and O–H groups in total. The van der Waals surface area contributed by atoms with Crippen molar-refractivity contribution < 1.29 is 29.6 Å². The van der Waals surface area contributed by atoms with Gasteiger partial charge in [0.15, 0.2) is 5.60 Å². The van der Waals surface area contributed by atoms with Gasteiger partial charge in [0, 0.05) is 37.1 Å². The molecule has 2 aliphatic heterocycles. The number of anilines is 1. The molecule has 0 radical (unpaired) electrons. The predicted molar refractivity (Wildman–Crippen MR) is 165 cm³/mol. The third-order valence-electron chi connectivity index (χ3n) is 10.6. The lowest BCUT2D eigenvalue weighted by molar-refractivity contribution is -0.164. The lowest BCUT2D eigenvalue weighted by Gasteiger charge is -2.53. The maximum Gasteiger partial charge on any atom is 0.340 e. The van der Waals surface area contributed by atoms with Gasteiger partial charge in [-0.1, -0.05) is 42.8 Å². The lowest BCUT2D eigenvalue weighted by atomic mass is 9.58. The third kappa shape index (κ3) is 5.32. The number of likely N-dealkylation sites (N-methyl/N-ethyl adjacent to an activating group) is 1. The summed E-state index contributed by atoms with van der Waals surface area (Å²) in [6.45, 7) is 4.20. The van der Waals surface area contributed by atoms with Gasteiger partial charge in [-0.15, -0.1) is 0 Å². The van der Waals surface area contributed by atoms with Crippen LogP contribution in [0.1, 0.15) is 62.1 Å². The molecule has 2 aromatic rings. The highest BCUT2D eigenvalue weighted by Crippen LogP contribution is 2.52. The van der Waals surface area contributed by atoms with Crippen molar-refractivity contribution in [1.82, 2.24) is 4.90 Å². The summed E-state index contributed by atoms with van der Waals surface area (Å²) in [6.07, 6.45) is 7.81. The maximum atomic E-state index is 13.1. The molecular weight excluding hydrogens is 568 g/mol. The molecule has 5 atom stereocenters. The Kier molecular flexibility index (Phi) is 7.76. The molecule has 2 aromatic carbocycles. The number of carbonyl (C=O) groups is 2. The number of fused-ring (bicyclic) bond motifs is 4. The molecule has 8 nitrogen and oxygen atoms in total. The van der Waals surface area contributed by atoms with Crippen molar-refractivity contribution in [3.8, 4) is 5.75 Å². The summed E-state index contributed by atoms with van der Waals surface area (Å²) in [5.74, 6) is -1.27. The Morgan fingerprint density at radius 1 is 1.12 bits per heavy atom. The number of benzene rings is 2. The zero-order chi connectivity index (χ0) is 30.6. The molecule has 230 valence electrons. The molecule has 1 saturated carbocycles. The standard InChI is InChI=1S/C34H41ClN2O6/c1-32-14-12-26(32)28(38)7-3-4-15-36(2)30(39)18-34(42,31(40)41)23-8-11-29-27(17-23)37(19-32)20-33(21-43-29)13-5-6-22-16-24(35)9-10-25(22)33/h3-4,8-11,16-17,26,28,38,42H,5-7,12-15,18-21H2,1-2H3,(H,40,41)/b4-3-/t26-,28-,32?,33-,34+/m0/s1. The predicted octanol–water partition coefficient (Wildman–Crippen LogP) is 4.67. The first kappa shape index (κ1) is 30.0. The van der Waals surface area contributed by atoms with Crippen molar-refractivity contribution in [2.75, 3.05) is 38.2 Å². The number of hydrogen-bond acceptors (Lipinski definition) is 6. The van der Waals surface area contributed by atoms with E-state index in [1.165, 1.54) is 16.0 Å². The molecule has 0 aromatic heterocycles. The van der Waals surface area contributed by atoms with Crippen LogP contribution in [-0.2, 0) is 27.0 Å². The van der Waals surface area contributed by atoms with E-state index in [-0.39, 0.29) is 28.9 Å². The SMILES string of the molecule is CN1C/C=C\C[C@H](O)[C@@H]2CCC2(C)CN2C[C@@]3(CCCc4cc(Cl)ccc43)COc3ccc(cc32)[C@@](O)(C(=O)O)CC1=O. The first-order valence-electron chi connectivity index (χ1n) is 15.3. The first-order valence-corrected chi connectivity index (χ1v) is 15.7. The van der Waals surface area contributed by atoms with Gasteiger partial charge in [-0.2, -0.15) is 0 Å². The van der Waals surface area contributed by atoms with Crippen LogP contribution >= 0.6 is 11.6 Å². The largest absolute Gasteiger partial charge is 0.490 e. The molecule has 1 amide bonds. The number of carboxylic acid groups (broad SMARTS) is 1. The minimum absolute atomic E-state index is 0.0876. The summed E-state index contributed by atoms with van der Waals surface area (Å²) in [5.41, 5.74) is 0.362. The Balaban J connectivity index is 1.48. The van der Waals surface area contributed by atoms with Crippen LogP contribution in [0.25, 0.3) is 0 Å². The molecule has 2 aliphatic carbocycles. The number of aryl methyl sites for hydroxylation is 1. The van der Waals surface area contributed by atoms with E-state index < -0.39 is 30.0 Å². The first-order chi connectivity index (χ1) is 20.4. The topological polar surface area (TPSA) is 111 Å². The van der Waals surface area contributed by atoms with Crippen LogP contribution in [0, 0.1) is 11.3 Å². The van der Waals surface area contributed by atoms with Crippen LogP contribution in [0.3, 0.4) is 0 Å². The normalized spacial score (nSPS) is 33.5. The number of aliphatic hydroxyl groups is 2. The molecule has 6 rings (SSSR count). The van der Waals surface area contributed by atoms with Gasteiger partial charge in [0.2, 0.25) is 5.91 Å². The number of carboxylic acids is 1. The molecule has 1 fully saturated rings. The van der Waals surface area contributed by atoms with Crippen LogP contribution < -0.4 is 9.64 Å². The number of halogens is 1. The molecule has 9 heteroatoms. The summed E-state index contributed by atoms with van der Waals surface area (Å²) in [6, 6.07) is 11.1. The molecule has 1 unspecified atom stereocenters. The van der Waals surface area contributed by atoms with E-state index in [1.54, 1.807) is 25.2 Å². The Hall–Kier alpha value is -3.07. The maximum absolute atomic E-state index is 13.1. The number of aliphatic hydroxyl groups excluding tert-OH is 1. The van der Waals surface area contributed by atoms with Crippen LogP contribution in [0.5, 0.6) is 5.75 Å². The second-order valence-electron chi connectivity index (χ2n) is 13.5. The summed E-state index contributed by atoms with van der Waals surface area (Å²) in [5, 5.41) is 33.8. The van der Waals surface area contributed by atoms with E-state index in [4.69, 9.17) is 16.3 Å². The van der Waals surface area contributed by atoms with Gasteiger partial charge in [0.1, 0.15) is 5.75 Å². The zero-order valence-electron chi connectivity index (χ0n) is 24.9. The van der Waals surface area contributed by atoms with Crippen molar-refractivity contribution >= 4 is 29.2 Å². The van der Waals surface area contributed by atoms with Gasteiger partial charge in [0.25, 0.3) is 0 Å².